The monoisotopic (exact) mass is 522 g/mol. The van der Waals surface area contributed by atoms with Crippen LogP contribution in [0.4, 0.5) is 5.69 Å². The van der Waals surface area contributed by atoms with Crippen molar-refractivity contribution in [1.82, 2.24) is 4.90 Å². The van der Waals surface area contributed by atoms with Crippen LogP contribution in [0.15, 0.2) is 46.9 Å². The Kier molecular flexibility index (Phi) is 5.97. The lowest BCUT2D eigenvalue weighted by Crippen LogP contribution is -2.54. The molecule has 6 rings (SSSR count). The third-order valence-corrected chi connectivity index (χ3v) is 9.68. The van der Waals surface area contributed by atoms with Gasteiger partial charge >= 0.3 is 5.97 Å². The van der Waals surface area contributed by atoms with Crippen LogP contribution in [0.5, 0.6) is 0 Å². The number of carbonyl (C=O) groups excluding carboxylic acids is 1. The Bertz CT molecular complexity index is 1070. The Labute approximate surface area is 211 Å². The molecule has 0 N–H and O–H groups in total. The molecule has 2 aliphatic carbocycles. The van der Waals surface area contributed by atoms with Crippen molar-refractivity contribution in [1.29, 1.82) is 0 Å². The first-order chi connectivity index (χ1) is 16.6. The van der Waals surface area contributed by atoms with Crippen LogP contribution in [0, 0.1) is 5.41 Å². The molecule has 1 atom stereocenters. The van der Waals surface area contributed by atoms with Crippen molar-refractivity contribution >= 4 is 27.6 Å². The summed E-state index contributed by atoms with van der Waals surface area (Å²) in [7, 11) is 1.43. The quantitative estimate of drug-likeness (QED) is 0.409. The Hall–Kier alpha value is -1.85. The fourth-order valence-corrected chi connectivity index (χ4v) is 7.47. The molecule has 0 amide bonds. The van der Waals surface area contributed by atoms with Crippen molar-refractivity contribution in [2.24, 2.45) is 5.41 Å². The summed E-state index contributed by atoms with van der Waals surface area (Å²) in [4.78, 5) is 17.2. The fourth-order valence-electron chi connectivity index (χ4n) is 6.94. The topological polar surface area (TPSA) is 32.8 Å². The van der Waals surface area contributed by atoms with E-state index in [9.17, 15) is 4.79 Å². The highest BCUT2D eigenvalue weighted by Gasteiger charge is 2.50. The summed E-state index contributed by atoms with van der Waals surface area (Å²) in [5, 5.41) is 0. The first kappa shape index (κ1) is 22.6. The Morgan fingerprint density at radius 2 is 1.74 bits per heavy atom. The smallest absolute Gasteiger partial charge is 0.339 e. The van der Waals surface area contributed by atoms with Gasteiger partial charge in [0, 0.05) is 35.3 Å². The van der Waals surface area contributed by atoms with E-state index >= 15 is 0 Å². The van der Waals surface area contributed by atoms with Gasteiger partial charge in [0.1, 0.15) is 0 Å². The van der Waals surface area contributed by atoms with E-state index < -0.39 is 0 Å². The van der Waals surface area contributed by atoms with Crippen molar-refractivity contribution in [2.75, 3.05) is 31.6 Å². The standard InChI is InChI=1S/C29H35BrN2O2/c1-34-28(33)25-11-10-21(17-26(25)30)31-15-12-29(13-16-31)18-22(19-29)32-14-4-7-27(32)24-6-3-2-5-23(24)20-8-9-20/h2-3,5-6,10-11,17,20,22,27H,4,7-9,12-16,18-19H2,1H3. The number of likely N-dealkylation sites (tertiary alicyclic amines) is 1. The fraction of sp³-hybridized carbons (Fsp3) is 0.552. The number of hydrogen-bond donors (Lipinski definition) is 0. The lowest BCUT2D eigenvalue weighted by molar-refractivity contribution is -0.0227. The Morgan fingerprint density at radius 1 is 1.00 bits per heavy atom. The van der Waals surface area contributed by atoms with Gasteiger partial charge in [0.15, 0.2) is 0 Å². The van der Waals surface area contributed by atoms with Crippen LogP contribution in [0.25, 0.3) is 0 Å². The zero-order chi connectivity index (χ0) is 23.3. The summed E-state index contributed by atoms with van der Waals surface area (Å²) in [6.07, 6.45) is 10.7. The number of piperidine rings is 1. The molecule has 1 unspecified atom stereocenters. The highest BCUT2D eigenvalue weighted by Crippen LogP contribution is 2.55. The summed E-state index contributed by atoms with van der Waals surface area (Å²) in [6.45, 7) is 3.48. The van der Waals surface area contributed by atoms with Gasteiger partial charge in [0.25, 0.3) is 0 Å². The molecule has 0 radical (unpaired) electrons. The second-order valence-electron chi connectivity index (χ2n) is 11.0. The molecule has 0 bridgehead atoms. The third kappa shape index (κ3) is 4.09. The number of esters is 1. The van der Waals surface area contributed by atoms with Gasteiger partial charge in [-0.25, -0.2) is 4.79 Å². The number of methoxy groups -OCH3 is 1. The van der Waals surface area contributed by atoms with E-state index in [0.717, 1.165) is 29.5 Å². The Balaban J connectivity index is 1.08. The number of anilines is 1. The minimum atomic E-state index is -0.295. The maximum atomic E-state index is 11.9. The molecule has 2 heterocycles. The number of benzene rings is 2. The molecule has 4 aliphatic rings. The van der Waals surface area contributed by atoms with E-state index in [-0.39, 0.29) is 5.97 Å². The van der Waals surface area contributed by atoms with Crippen molar-refractivity contribution in [2.45, 2.75) is 69.4 Å². The molecule has 2 saturated heterocycles. The first-order valence-electron chi connectivity index (χ1n) is 13.0. The second-order valence-corrected chi connectivity index (χ2v) is 11.9. The average Bonchev–Trinajstić information content (AvgIpc) is 3.58. The second kappa shape index (κ2) is 8.98. The van der Waals surface area contributed by atoms with Crippen LogP contribution in [0.2, 0.25) is 0 Å². The zero-order valence-electron chi connectivity index (χ0n) is 20.1. The maximum Gasteiger partial charge on any atom is 0.339 e. The number of nitrogens with zero attached hydrogens (tertiary/aromatic N) is 2. The summed E-state index contributed by atoms with van der Waals surface area (Å²) >= 11 is 3.56. The van der Waals surface area contributed by atoms with Gasteiger partial charge in [-0.3, -0.25) is 4.90 Å². The van der Waals surface area contributed by atoms with Gasteiger partial charge in [0.05, 0.1) is 12.7 Å². The zero-order valence-corrected chi connectivity index (χ0v) is 21.7. The van der Waals surface area contributed by atoms with Crippen molar-refractivity contribution in [3.8, 4) is 0 Å². The minimum absolute atomic E-state index is 0.295. The predicted molar refractivity (Wildman–Crippen MR) is 139 cm³/mol. The SMILES string of the molecule is COC(=O)c1ccc(N2CCC3(CC2)CC(N2CCCC2c2ccccc2C2CC2)C3)cc1Br. The van der Waals surface area contributed by atoms with Crippen LogP contribution in [0.1, 0.15) is 84.8 Å². The van der Waals surface area contributed by atoms with E-state index in [2.05, 4.69) is 62.1 Å². The van der Waals surface area contributed by atoms with E-state index in [4.69, 9.17) is 4.74 Å². The lowest BCUT2D eigenvalue weighted by Gasteiger charge is -2.56. The van der Waals surface area contributed by atoms with Gasteiger partial charge in [-0.2, -0.15) is 0 Å². The molecular formula is C29H35BrN2O2. The third-order valence-electron chi connectivity index (χ3n) is 9.02. The van der Waals surface area contributed by atoms with Crippen LogP contribution in [0.3, 0.4) is 0 Å². The van der Waals surface area contributed by atoms with Gasteiger partial charge in [0.2, 0.25) is 0 Å². The predicted octanol–water partition coefficient (Wildman–Crippen LogP) is 6.70. The van der Waals surface area contributed by atoms with E-state index in [1.165, 1.54) is 70.7 Å². The van der Waals surface area contributed by atoms with Gasteiger partial charge in [-0.05, 0) is 115 Å². The van der Waals surface area contributed by atoms with Crippen LogP contribution in [-0.2, 0) is 4.74 Å². The van der Waals surface area contributed by atoms with E-state index in [1.807, 2.05) is 6.07 Å². The molecule has 180 valence electrons. The van der Waals surface area contributed by atoms with Crippen molar-refractivity contribution in [3.05, 3.63) is 63.6 Å². The molecular weight excluding hydrogens is 488 g/mol. The number of halogens is 1. The average molecular weight is 524 g/mol. The summed E-state index contributed by atoms with van der Waals surface area (Å²) in [5.74, 6) is 0.536. The summed E-state index contributed by atoms with van der Waals surface area (Å²) in [6, 6.07) is 16.7. The van der Waals surface area contributed by atoms with Gasteiger partial charge in [-0.15, -0.1) is 0 Å². The summed E-state index contributed by atoms with van der Waals surface area (Å²) in [5.41, 5.74) is 5.60. The highest BCUT2D eigenvalue weighted by molar-refractivity contribution is 9.10. The van der Waals surface area contributed by atoms with Gasteiger partial charge in [-0.1, -0.05) is 24.3 Å². The van der Waals surface area contributed by atoms with Crippen LogP contribution < -0.4 is 4.90 Å². The molecule has 2 aromatic carbocycles. The number of ether oxygens (including phenoxy) is 1. The molecule has 0 aromatic heterocycles. The largest absolute Gasteiger partial charge is 0.465 e. The number of hydrogen-bond acceptors (Lipinski definition) is 4. The molecule has 2 saturated carbocycles. The molecule has 2 aromatic rings. The molecule has 2 aliphatic heterocycles. The summed E-state index contributed by atoms with van der Waals surface area (Å²) < 4.78 is 5.69. The number of carbonyl (C=O) groups is 1. The maximum absolute atomic E-state index is 11.9. The Morgan fingerprint density at radius 3 is 2.41 bits per heavy atom. The highest BCUT2D eigenvalue weighted by atomic mass is 79.9. The molecule has 1 spiro atoms. The first-order valence-corrected chi connectivity index (χ1v) is 13.8. The van der Waals surface area contributed by atoms with E-state index in [0.29, 0.717) is 17.0 Å². The lowest BCUT2D eigenvalue weighted by atomic mass is 9.59. The van der Waals surface area contributed by atoms with Gasteiger partial charge < -0.3 is 9.64 Å². The van der Waals surface area contributed by atoms with Crippen LogP contribution in [-0.4, -0.2) is 43.7 Å². The minimum Gasteiger partial charge on any atom is -0.465 e. The van der Waals surface area contributed by atoms with Crippen LogP contribution >= 0.6 is 15.9 Å². The molecule has 4 nitrogen and oxygen atoms in total. The molecule has 34 heavy (non-hydrogen) atoms. The van der Waals surface area contributed by atoms with Crippen molar-refractivity contribution in [3.63, 3.8) is 0 Å². The van der Waals surface area contributed by atoms with E-state index in [1.54, 1.807) is 11.1 Å². The molecule has 5 heteroatoms. The molecule has 4 fully saturated rings. The number of rotatable bonds is 5. The normalized spacial score (nSPS) is 24.9. The van der Waals surface area contributed by atoms with Crippen molar-refractivity contribution < 1.29 is 9.53 Å².